The number of nitrogen functional groups attached to an aromatic ring is 1. The molecule has 1 aromatic carbocycles. The zero-order chi connectivity index (χ0) is 14.8. The van der Waals surface area contributed by atoms with Crippen LogP contribution in [0.3, 0.4) is 0 Å². The van der Waals surface area contributed by atoms with Gasteiger partial charge in [-0.2, -0.15) is 0 Å². The average molecular weight is 285 g/mol. The van der Waals surface area contributed by atoms with Crippen LogP contribution in [0.4, 0.5) is 5.69 Å². The summed E-state index contributed by atoms with van der Waals surface area (Å²) < 4.78 is 5.79. The van der Waals surface area contributed by atoms with Gasteiger partial charge >= 0.3 is 0 Å². The molecule has 21 heavy (non-hydrogen) atoms. The molecule has 0 fully saturated rings. The molecule has 112 valence electrons. The Morgan fingerprint density at radius 1 is 1.19 bits per heavy atom. The highest BCUT2D eigenvalue weighted by Crippen LogP contribution is 2.34. The summed E-state index contributed by atoms with van der Waals surface area (Å²) in [5.41, 5.74) is 7.40. The van der Waals surface area contributed by atoms with Gasteiger partial charge in [0.15, 0.2) is 0 Å². The average Bonchev–Trinajstić information content (AvgIpc) is 2.69. The molecule has 1 heterocycles. The number of ether oxygens (including phenoxy) is 1. The van der Waals surface area contributed by atoms with E-state index in [1.807, 2.05) is 32.0 Å². The van der Waals surface area contributed by atoms with Crippen LogP contribution in [0, 0.1) is 0 Å². The van der Waals surface area contributed by atoms with Gasteiger partial charge in [0.05, 0.1) is 17.3 Å². The first-order chi connectivity index (χ1) is 10.2. The van der Waals surface area contributed by atoms with E-state index in [0.717, 1.165) is 35.2 Å². The minimum absolute atomic E-state index is 0.158. The van der Waals surface area contributed by atoms with E-state index in [1.165, 1.54) is 30.5 Å². The van der Waals surface area contributed by atoms with Gasteiger partial charge in [0, 0.05) is 11.1 Å². The number of anilines is 1. The van der Waals surface area contributed by atoms with Crippen molar-refractivity contribution in [3.63, 3.8) is 0 Å². The van der Waals surface area contributed by atoms with Crippen LogP contribution in [-0.4, -0.2) is 11.1 Å². The Bertz CT molecular complexity index is 652. The van der Waals surface area contributed by atoms with Gasteiger partial charge in [0.2, 0.25) is 0 Å². The number of nitrogens with one attached hydrogen (secondary N) is 1. The number of aryl methyl sites for hydroxylation is 1. The SMILES string of the molecule is CC(C)Oc1ccc2nc3c(c(NN)c2c1)CCCCC3. The van der Waals surface area contributed by atoms with Crippen molar-refractivity contribution in [3.8, 4) is 5.75 Å². The molecule has 0 saturated carbocycles. The van der Waals surface area contributed by atoms with Gasteiger partial charge in [-0.3, -0.25) is 10.8 Å². The number of hydrazine groups is 1. The van der Waals surface area contributed by atoms with E-state index in [4.69, 9.17) is 15.6 Å². The number of aromatic nitrogens is 1. The fraction of sp³-hybridized carbons (Fsp3) is 0.471. The Morgan fingerprint density at radius 2 is 2.00 bits per heavy atom. The lowest BCUT2D eigenvalue weighted by molar-refractivity contribution is 0.243. The van der Waals surface area contributed by atoms with Crippen molar-refractivity contribution in [1.82, 2.24) is 4.98 Å². The van der Waals surface area contributed by atoms with E-state index >= 15 is 0 Å². The third-order valence-corrected chi connectivity index (χ3v) is 4.00. The summed E-state index contributed by atoms with van der Waals surface area (Å²) in [7, 11) is 0. The fourth-order valence-corrected chi connectivity index (χ4v) is 3.09. The summed E-state index contributed by atoms with van der Waals surface area (Å²) in [6, 6.07) is 6.06. The van der Waals surface area contributed by atoms with Crippen molar-refractivity contribution in [2.45, 2.75) is 52.1 Å². The number of benzene rings is 1. The molecule has 0 bridgehead atoms. The second-order valence-electron chi connectivity index (χ2n) is 5.96. The lowest BCUT2D eigenvalue weighted by atomic mass is 10.0. The summed E-state index contributed by atoms with van der Waals surface area (Å²) in [6.45, 7) is 4.06. The second kappa shape index (κ2) is 5.90. The molecule has 0 aliphatic heterocycles. The lowest BCUT2D eigenvalue weighted by Crippen LogP contribution is -2.12. The van der Waals surface area contributed by atoms with Crippen molar-refractivity contribution < 1.29 is 4.74 Å². The molecule has 3 rings (SSSR count). The van der Waals surface area contributed by atoms with Crippen LogP contribution in [0.1, 0.15) is 44.4 Å². The third-order valence-electron chi connectivity index (χ3n) is 4.00. The van der Waals surface area contributed by atoms with E-state index in [9.17, 15) is 0 Å². The minimum Gasteiger partial charge on any atom is -0.491 e. The molecule has 2 aromatic rings. The van der Waals surface area contributed by atoms with Gasteiger partial charge in [-0.05, 0) is 63.3 Å². The molecule has 0 saturated heterocycles. The van der Waals surface area contributed by atoms with Crippen LogP contribution >= 0.6 is 0 Å². The molecular formula is C17H23N3O. The zero-order valence-electron chi connectivity index (χ0n) is 12.8. The molecule has 0 radical (unpaired) electrons. The van der Waals surface area contributed by atoms with Crippen LogP contribution in [0.25, 0.3) is 10.9 Å². The van der Waals surface area contributed by atoms with Crippen molar-refractivity contribution in [2.24, 2.45) is 5.84 Å². The number of rotatable bonds is 3. The van der Waals surface area contributed by atoms with Crippen LogP contribution in [0.5, 0.6) is 5.75 Å². The molecule has 1 aromatic heterocycles. The van der Waals surface area contributed by atoms with Crippen LogP contribution in [-0.2, 0) is 12.8 Å². The van der Waals surface area contributed by atoms with Gasteiger partial charge in [-0.1, -0.05) is 6.42 Å². The Labute approximate surface area is 125 Å². The third kappa shape index (κ3) is 2.81. The van der Waals surface area contributed by atoms with Gasteiger partial charge in [-0.25, -0.2) is 0 Å². The molecule has 0 atom stereocenters. The Hall–Kier alpha value is -1.81. The fourth-order valence-electron chi connectivity index (χ4n) is 3.09. The first kappa shape index (κ1) is 14.1. The van der Waals surface area contributed by atoms with E-state index in [1.54, 1.807) is 0 Å². The highest BCUT2D eigenvalue weighted by molar-refractivity contribution is 5.94. The molecular weight excluding hydrogens is 262 g/mol. The molecule has 1 aliphatic carbocycles. The number of hydrogen-bond donors (Lipinski definition) is 2. The second-order valence-corrected chi connectivity index (χ2v) is 5.96. The van der Waals surface area contributed by atoms with E-state index < -0.39 is 0 Å². The van der Waals surface area contributed by atoms with Gasteiger partial charge in [0.1, 0.15) is 5.75 Å². The van der Waals surface area contributed by atoms with Gasteiger partial charge in [0.25, 0.3) is 0 Å². The molecule has 4 nitrogen and oxygen atoms in total. The number of fused-ring (bicyclic) bond motifs is 2. The normalized spacial score (nSPS) is 14.9. The Kier molecular flexibility index (Phi) is 3.97. The van der Waals surface area contributed by atoms with E-state index in [0.29, 0.717) is 0 Å². The molecule has 0 amide bonds. The Balaban J connectivity index is 2.16. The largest absolute Gasteiger partial charge is 0.491 e. The zero-order valence-corrected chi connectivity index (χ0v) is 12.8. The molecule has 3 N–H and O–H groups in total. The number of pyridine rings is 1. The number of nitrogens with zero attached hydrogens (tertiary/aromatic N) is 1. The van der Waals surface area contributed by atoms with Crippen LogP contribution in [0.15, 0.2) is 18.2 Å². The highest BCUT2D eigenvalue weighted by Gasteiger charge is 2.17. The standard InChI is InChI=1S/C17H23N3O/c1-11(2)21-12-8-9-16-14(10-12)17(20-18)13-6-4-3-5-7-15(13)19-16/h8-11H,3-7,18H2,1-2H3,(H,19,20). The quantitative estimate of drug-likeness (QED) is 0.514. The van der Waals surface area contributed by atoms with Crippen molar-refractivity contribution >= 4 is 16.6 Å². The number of nitrogens with two attached hydrogens (primary N) is 1. The van der Waals surface area contributed by atoms with Gasteiger partial charge < -0.3 is 10.2 Å². The summed E-state index contributed by atoms with van der Waals surface area (Å²) in [5, 5.41) is 1.05. The van der Waals surface area contributed by atoms with E-state index in [2.05, 4.69) is 5.43 Å². The van der Waals surface area contributed by atoms with Crippen molar-refractivity contribution in [1.29, 1.82) is 0 Å². The van der Waals surface area contributed by atoms with Crippen molar-refractivity contribution in [2.75, 3.05) is 5.43 Å². The predicted octanol–water partition coefficient (Wildman–Crippen LogP) is 3.58. The maximum Gasteiger partial charge on any atom is 0.120 e. The van der Waals surface area contributed by atoms with Crippen LogP contribution in [0.2, 0.25) is 0 Å². The smallest absolute Gasteiger partial charge is 0.120 e. The molecule has 4 heteroatoms. The first-order valence-electron chi connectivity index (χ1n) is 7.78. The number of hydrogen-bond acceptors (Lipinski definition) is 4. The monoisotopic (exact) mass is 285 g/mol. The summed E-state index contributed by atoms with van der Waals surface area (Å²) in [5.74, 6) is 6.69. The summed E-state index contributed by atoms with van der Waals surface area (Å²) in [4.78, 5) is 4.85. The summed E-state index contributed by atoms with van der Waals surface area (Å²) >= 11 is 0. The Morgan fingerprint density at radius 3 is 2.76 bits per heavy atom. The van der Waals surface area contributed by atoms with E-state index in [-0.39, 0.29) is 6.10 Å². The molecule has 0 unspecified atom stereocenters. The minimum atomic E-state index is 0.158. The maximum absolute atomic E-state index is 5.82. The first-order valence-corrected chi connectivity index (χ1v) is 7.78. The predicted molar refractivity (Wildman–Crippen MR) is 86.6 cm³/mol. The highest BCUT2D eigenvalue weighted by atomic mass is 16.5. The lowest BCUT2D eigenvalue weighted by Gasteiger charge is -2.16. The van der Waals surface area contributed by atoms with Crippen LogP contribution < -0.4 is 16.0 Å². The topological polar surface area (TPSA) is 60.2 Å². The van der Waals surface area contributed by atoms with Gasteiger partial charge in [-0.15, -0.1) is 0 Å². The molecule has 1 aliphatic rings. The maximum atomic E-state index is 5.82. The summed E-state index contributed by atoms with van der Waals surface area (Å²) in [6.07, 6.45) is 5.93. The molecule has 0 spiro atoms. The van der Waals surface area contributed by atoms with Crippen molar-refractivity contribution in [3.05, 3.63) is 29.5 Å².